The number of rotatable bonds is 8. The fraction of sp³-hybridized carbons (Fsp3) is 0.526. The summed E-state index contributed by atoms with van der Waals surface area (Å²) in [6.07, 6.45) is 3.14. The van der Waals surface area contributed by atoms with Crippen molar-refractivity contribution in [3.05, 3.63) is 35.4 Å². The minimum atomic E-state index is -0.415. The molecule has 1 atom stereocenters. The molecule has 1 heterocycles. The van der Waals surface area contributed by atoms with Crippen LogP contribution >= 0.6 is 0 Å². The number of imide groups is 1. The quantitative estimate of drug-likeness (QED) is 0.711. The number of urea groups is 1. The van der Waals surface area contributed by atoms with E-state index in [1.807, 2.05) is 6.92 Å². The maximum atomic E-state index is 12.6. The molecule has 25 heavy (non-hydrogen) atoms. The highest BCUT2D eigenvalue weighted by Gasteiger charge is 2.29. The summed E-state index contributed by atoms with van der Waals surface area (Å²) in [5.41, 5.74) is 1.17. The largest absolute Gasteiger partial charge is 0.350 e. The van der Waals surface area contributed by atoms with E-state index in [2.05, 4.69) is 24.5 Å². The third-order valence-electron chi connectivity index (χ3n) is 4.32. The lowest BCUT2D eigenvalue weighted by Crippen LogP contribution is -2.35. The summed E-state index contributed by atoms with van der Waals surface area (Å²) in [6.45, 7) is 6.50. The van der Waals surface area contributed by atoms with Gasteiger partial charge in [0, 0.05) is 11.6 Å². The van der Waals surface area contributed by atoms with Gasteiger partial charge in [0.25, 0.3) is 5.91 Å². The highest BCUT2D eigenvalue weighted by atomic mass is 16.2. The van der Waals surface area contributed by atoms with Crippen LogP contribution in [0.25, 0.3) is 0 Å². The van der Waals surface area contributed by atoms with Gasteiger partial charge in [-0.3, -0.25) is 14.5 Å². The molecule has 0 radical (unpaired) electrons. The second kappa shape index (κ2) is 8.65. The van der Waals surface area contributed by atoms with Crippen molar-refractivity contribution in [2.24, 2.45) is 5.92 Å². The third-order valence-corrected chi connectivity index (χ3v) is 4.32. The van der Waals surface area contributed by atoms with E-state index in [1.54, 1.807) is 24.3 Å². The van der Waals surface area contributed by atoms with E-state index in [4.69, 9.17) is 0 Å². The number of nitrogens with one attached hydrogen (secondary N) is 2. The standard InChI is InChI=1S/C19H27N3O3/c1-13(2)7-6-8-14(3)21-18(24)16-10-5-4-9-15(16)12-22-17(23)11-20-19(22)25/h4-5,9-10,13-14H,6-8,11-12H2,1-3H3,(H,20,25)(H,21,24)/t14-/m1/s1. The van der Waals surface area contributed by atoms with E-state index < -0.39 is 6.03 Å². The molecule has 4 amide bonds. The molecular weight excluding hydrogens is 318 g/mol. The predicted molar refractivity (Wildman–Crippen MR) is 96.0 cm³/mol. The van der Waals surface area contributed by atoms with Crippen LogP contribution in [0.4, 0.5) is 4.79 Å². The van der Waals surface area contributed by atoms with E-state index in [0.29, 0.717) is 17.0 Å². The number of amides is 4. The lowest BCUT2D eigenvalue weighted by atomic mass is 10.0. The highest BCUT2D eigenvalue weighted by molar-refractivity contribution is 6.02. The van der Waals surface area contributed by atoms with Gasteiger partial charge in [-0.1, -0.05) is 44.9 Å². The first kappa shape index (κ1) is 19.0. The summed E-state index contributed by atoms with van der Waals surface area (Å²) in [5, 5.41) is 5.50. The van der Waals surface area contributed by atoms with Crippen LogP contribution in [0.3, 0.4) is 0 Å². The zero-order chi connectivity index (χ0) is 18.4. The molecule has 0 bridgehead atoms. The van der Waals surface area contributed by atoms with Crippen molar-refractivity contribution in [3.8, 4) is 0 Å². The van der Waals surface area contributed by atoms with Crippen LogP contribution in [0.1, 0.15) is 56.0 Å². The number of carbonyl (C=O) groups excluding carboxylic acids is 3. The fourth-order valence-corrected chi connectivity index (χ4v) is 2.87. The Bertz CT molecular complexity index is 627. The van der Waals surface area contributed by atoms with Gasteiger partial charge in [-0.2, -0.15) is 0 Å². The van der Waals surface area contributed by atoms with Gasteiger partial charge in [0.1, 0.15) is 0 Å². The highest BCUT2D eigenvalue weighted by Crippen LogP contribution is 2.15. The Kier molecular flexibility index (Phi) is 6.56. The van der Waals surface area contributed by atoms with Crippen LogP contribution in [-0.2, 0) is 11.3 Å². The minimum Gasteiger partial charge on any atom is -0.350 e. The van der Waals surface area contributed by atoms with Gasteiger partial charge in [0.05, 0.1) is 13.1 Å². The Morgan fingerprint density at radius 3 is 2.56 bits per heavy atom. The van der Waals surface area contributed by atoms with Gasteiger partial charge in [-0.05, 0) is 30.9 Å². The lowest BCUT2D eigenvalue weighted by Gasteiger charge is -2.18. The summed E-state index contributed by atoms with van der Waals surface area (Å²) < 4.78 is 0. The molecule has 0 spiro atoms. The lowest BCUT2D eigenvalue weighted by molar-refractivity contribution is -0.125. The Hall–Kier alpha value is -2.37. The molecular formula is C19H27N3O3. The molecule has 6 nitrogen and oxygen atoms in total. The molecule has 1 aromatic rings. The van der Waals surface area contributed by atoms with E-state index in [-0.39, 0.29) is 30.9 Å². The molecule has 1 fully saturated rings. The summed E-state index contributed by atoms with van der Waals surface area (Å²) >= 11 is 0. The van der Waals surface area contributed by atoms with Crippen molar-refractivity contribution in [1.82, 2.24) is 15.5 Å². The minimum absolute atomic E-state index is 0.0140. The molecule has 0 saturated carbocycles. The zero-order valence-corrected chi connectivity index (χ0v) is 15.2. The third kappa shape index (κ3) is 5.31. The first-order valence-corrected chi connectivity index (χ1v) is 8.85. The van der Waals surface area contributed by atoms with E-state index in [9.17, 15) is 14.4 Å². The van der Waals surface area contributed by atoms with E-state index in [1.165, 1.54) is 0 Å². The van der Waals surface area contributed by atoms with Crippen LogP contribution < -0.4 is 10.6 Å². The number of hydrogen-bond acceptors (Lipinski definition) is 3. The zero-order valence-electron chi connectivity index (χ0n) is 15.2. The van der Waals surface area contributed by atoms with E-state index >= 15 is 0 Å². The van der Waals surface area contributed by atoms with Crippen LogP contribution in [0.15, 0.2) is 24.3 Å². The normalized spacial score (nSPS) is 15.4. The molecule has 2 rings (SSSR count). The van der Waals surface area contributed by atoms with Gasteiger partial charge in [0.2, 0.25) is 5.91 Å². The summed E-state index contributed by atoms with van der Waals surface area (Å²) in [4.78, 5) is 37.2. The Labute approximate surface area is 149 Å². The number of benzene rings is 1. The Morgan fingerprint density at radius 1 is 1.20 bits per heavy atom. The molecule has 1 aliphatic heterocycles. The van der Waals surface area contributed by atoms with E-state index in [0.717, 1.165) is 24.2 Å². The summed E-state index contributed by atoms with van der Waals surface area (Å²) in [7, 11) is 0. The van der Waals surface area contributed by atoms with Crippen molar-refractivity contribution in [1.29, 1.82) is 0 Å². The maximum Gasteiger partial charge on any atom is 0.324 e. The monoisotopic (exact) mass is 345 g/mol. The van der Waals surface area contributed by atoms with Crippen molar-refractivity contribution in [3.63, 3.8) is 0 Å². The van der Waals surface area contributed by atoms with Crippen molar-refractivity contribution >= 4 is 17.8 Å². The van der Waals surface area contributed by atoms with Crippen LogP contribution in [0.5, 0.6) is 0 Å². The van der Waals surface area contributed by atoms with Crippen molar-refractivity contribution in [2.75, 3.05) is 6.54 Å². The van der Waals surface area contributed by atoms with Crippen molar-refractivity contribution in [2.45, 2.75) is 52.6 Å². The van der Waals surface area contributed by atoms with Crippen LogP contribution in [-0.4, -0.2) is 35.3 Å². The molecule has 1 aromatic carbocycles. The molecule has 0 aromatic heterocycles. The molecule has 0 aliphatic carbocycles. The van der Waals surface area contributed by atoms with Gasteiger partial charge >= 0.3 is 6.03 Å². The second-order valence-electron chi connectivity index (χ2n) is 6.99. The first-order valence-electron chi connectivity index (χ1n) is 8.85. The summed E-state index contributed by atoms with van der Waals surface area (Å²) in [5.74, 6) is 0.217. The van der Waals surface area contributed by atoms with Crippen LogP contribution in [0.2, 0.25) is 0 Å². The summed E-state index contributed by atoms with van der Waals surface area (Å²) in [6, 6.07) is 6.75. The SMILES string of the molecule is CC(C)CCC[C@@H](C)NC(=O)c1ccccc1CN1C(=O)CNC1=O. The average molecular weight is 345 g/mol. The molecule has 6 heteroatoms. The fourth-order valence-electron chi connectivity index (χ4n) is 2.87. The molecule has 136 valence electrons. The Balaban J connectivity index is 2.00. The molecule has 1 aliphatic rings. The van der Waals surface area contributed by atoms with Gasteiger partial charge in [0.15, 0.2) is 0 Å². The van der Waals surface area contributed by atoms with Crippen LogP contribution in [0, 0.1) is 5.92 Å². The van der Waals surface area contributed by atoms with Gasteiger partial charge < -0.3 is 10.6 Å². The van der Waals surface area contributed by atoms with Gasteiger partial charge in [-0.25, -0.2) is 4.79 Å². The second-order valence-corrected chi connectivity index (χ2v) is 6.99. The maximum absolute atomic E-state index is 12.6. The molecule has 2 N–H and O–H groups in total. The topological polar surface area (TPSA) is 78.5 Å². The first-order chi connectivity index (χ1) is 11.9. The molecule has 0 unspecified atom stereocenters. The van der Waals surface area contributed by atoms with Gasteiger partial charge in [-0.15, -0.1) is 0 Å². The number of nitrogens with zero attached hydrogens (tertiary/aromatic N) is 1. The number of hydrogen-bond donors (Lipinski definition) is 2. The molecule has 1 saturated heterocycles. The smallest absolute Gasteiger partial charge is 0.324 e. The average Bonchev–Trinajstić information content (AvgIpc) is 2.87. The predicted octanol–water partition coefficient (Wildman–Crippen LogP) is 2.68. The Morgan fingerprint density at radius 2 is 1.92 bits per heavy atom. The number of carbonyl (C=O) groups is 3. The van der Waals surface area contributed by atoms with Crippen molar-refractivity contribution < 1.29 is 14.4 Å².